The van der Waals surface area contributed by atoms with Crippen molar-refractivity contribution in [1.29, 1.82) is 0 Å². The fourth-order valence-electron chi connectivity index (χ4n) is 2.91. The van der Waals surface area contributed by atoms with Gasteiger partial charge in [0, 0.05) is 19.6 Å². The van der Waals surface area contributed by atoms with Crippen LogP contribution in [0.15, 0.2) is 30.3 Å². The molecule has 1 saturated heterocycles. The Kier molecular flexibility index (Phi) is 6.44. The van der Waals surface area contributed by atoms with E-state index < -0.39 is 0 Å². The van der Waals surface area contributed by atoms with Gasteiger partial charge in [-0.25, -0.2) is 0 Å². The number of hydrogen-bond donors (Lipinski definition) is 1. The average Bonchev–Trinajstić information content (AvgIpc) is 2.54. The summed E-state index contributed by atoms with van der Waals surface area (Å²) in [7, 11) is 0. The first-order valence-electron chi connectivity index (χ1n) is 8.27. The molecule has 22 heavy (non-hydrogen) atoms. The van der Waals surface area contributed by atoms with Gasteiger partial charge in [0.25, 0.3) is 0 Å². The first kappa shape index (κ1) is 16.5. The van der Waals surface area contributed by atoms with Gasteiger partial charge in [-0.05, 0) is 37.2 Å². The van der Waals surface area contributed by atoms with Crippen LogP contribution in [0.25, 0.3) is 0 Å². The number of hydrogen-bond acceptors (Lipinski definition) is 2. The van der Waals surface area contributed by atoms with Crippen molar-refractivity contribution in [3.8, 4) is 0 Å². The molecule has 4 nitrogen and oxygen atoms in total. The van der Waals surface area contributed by atoms with Gasteiger partial charge in [0.05, 0.1) is 0 Å². The maximum Gasteiger partial charge on any atom is 0.232 e. The Morgan fingerprint density at radius 2 is 1.86 bits per heavy atom. The molecule has 0 spiro atoms. The topological polar surface area (TPSA) is 49.4 Å². The van der Waals surface area contributed by atoms with E-state index in [1.807, 2.05) is 17.9 Å². The predicted molar refractivity (Wildman–Crippen MR) is 87.4 cm³/mol. The van der Waals surface area contributed by atoms with Gasteiger partial charge in [-0.1, -0.05) is 37.3 Å². The van der Waals surface area contributed by atoms with Crippen LogP contribution in [0.4, 0.5) is 0 Å². The molecule has 1 aromatic rings. The van der Waals surface area contributed by atoms with Crippen LogP contribution in [0, 0.1) is 5.92 Å². The molecule has 2 amide bonds. The Hall–Kier alpha value is -1.84. The third kappa shape index (κ3) is 5.17. The van der Waals surface area contributed by atoms with E-state index >= 15 is 0 Å². The Labute approximate surface area is 132 Å². The number of piperidine rings is 1. The highest BCUT2D eigenvalue weighted by molar-refractivity contribution is 5.96. The standard InChI is InChI=1S/C18H26N2O2/c1-2-10-19-17(21)14-18(22)20-11-8-16(9-12-20)13-15-6-4-3-5-7-15/h3-7,16H,2,8-14H2,1H3,(H,19,21). The number of carbonyl (C=O) groups excluding carboxylic acids is 2. The van der Waals surface area contributed by atoms with E-state index in [1.165, 1.54) is 5.56 Å². The second-order valence-electron chi connectivity index (χ2n) is 6.04. The first-order valence-corrected chi connectivity index (χ1v) is 8.27. The summed E-state index contributed by atoms with van der Waals surface area (Å²) in [5, 5.41) is 2.76. The minimum atomic E-state index is -0.154. The lowest BCUT2D eigenvalue weighted by atomic mass is 9.90. The van der Waals surface area contributed by atoms with Crippen LogP contribution in [0.1, 0.15) is 38.2 Å². The van der Waals surface area contributed by atoms with E-state index in [2.05, 4.69) is 29.6 Å². The lowest BCUT2D eigenvalue weighted by Crippen LogP contribution is -2.41. The molecule has 0 unspecified atom stereocenters. The number of amides is 2. The van der Waals surface area contributed by atoms with Gasteiger partial charge < -0.3 is 10.2 Å². The van der Waals surface area contributed by atoms with Crippen molar-refractivity contribution < 1.29 is 9.59 Å². The fourth-order valence-corrected chi connectivity index (χ4v) is 2.91. The highest BCUT2D eigenvalue weighted by atomic mass is 16.2. The molecule has 1 aliphatic rings. The Morgan fingerprint density at radius 3 is 2.50 bits per heavy atom. The Bertz CT molecular complexity index is 479. The van der Waals surface area contributed by atoms with E-state index in [0.29, 0.717) is 12.5 Å². The van der Waals surface area contributed by atoms with Crippen molar-refractivity contribution in [2.24, 2.45) is 5.92 Å². The summed E-state index contributed by atoms with van der Waals surface area (Å²) in [6, 6.07) is 10.5. The lowest BCUT2D eigenvalue weighted by Gasteiger charge is -2.32. The molecule has 0 aromatic heterocycles. The van der Waals surface area contributed by atoms with E-state index in [1.54, 1.807) is 0 Å². The summed E-state index contributed by atoms with van der Waals surface area (Å²) in [6.45, 7) is 4.19. The summed E-state index contributed by atoms with van der Waals surface area (Å²) < 4.78 is 0. The Balaban J connectivity index is 1.72. The first-order chi connectivity index (χ1) is 10.7. The minimum Gasteiger partial charge on any atom is -0.356 e. The van der Waals surface area contributed by atoms with Gasteiger partial charge in [-0.3, -0.25) is 9.59 Å². The molecule has 1 N–H and O–H groups in total. The largest absolute Gasteiger partial charge is 0.356 e. The van der Waals surface area contributed by atoms with Crippen LogP contribution < -0.4 is 5.32 Å². The van der Waals surface area contributed by atoms with Gasteiger partial charge in [-0.15, -0.1) is 0 Å². The van der Waals surface area contributed by atoms with Crippen molar-refractivity contribution in [3.05, 3.63) is 35.9 Å². The average molecular weight is 302 g/mol. The predicted octanol–water partition coefficient (Wildman–Crippen LogP) is 2.38. The van der Waals surface area contributed by atoms with Gasteiger partial charge >= 0.3 is 0 Å². The fraction of sp³-hybridized carbons (Fsp3) is 0.556. The molecule has 0 atom stereocenters. The lowest BCUT2D eigenvalue weighted by molar-refractivity contribution is -0.137. The zero-order valence-electron chi connectivity index (χ0n) is 13.4. The van der Waals surface area contributed by atoms with E-state index in [9.17, 15) is 9.59 Å². The zero-order valence-corrected chi connectivity index (χ0v) is 13.4. The minimum absolute atomic E-state index is 0.0106. The SMILES string of the molecule is CCCNC(=O)CC(=O)N1CCC(Cc2ccccc2)CC1. The molecule has 1 aromatic carbocycles. The molecule has 1 heterocycles. The summed E-state index contributed by atoms with van der Waals surface area (Å²) in [5.41, 5.74) is 1.37. The zero-order chi connectivity index (χ0) is 15.8. The monoisotopic (exact) mass is 302 g/mol. The third-order valence-electron chi connectivity index (χ3n) is 4.22. The van der Waals surface area contributed by atoms with Crippen LogP contribution in [0.5, 0.6) is 0 Å². The quantitative estimate of drug-likeness (QED) is 0.820. The van der Waals surface area contributed by atoms with Gasteiger partial charge in [-0.2, -0.15) is 0 Å². The van der Waals surface area contributed by atoms with Crippen molar-refractivity contribution in [1.82, 2.24) is 10.2 Å². The normalized spacial score (nSPS) is 15.6. The number of benzene rings is 1. The van der Waals surface area contributed by atoms with Crippen molar-refractivity contribution in [2.75, 3.05) is 19.6 Å². The highest BCUT2D eigenvalue weighted by Gasteiger charge is 2.24. The van der Waals surface area contributed by atoms with Gasteiger partial charge in [0.2, 0.25) is 11.8 Å². The van der Waals surface area contributed by atoms with Crippen LogP contribution in [0.2, 0.25) is 0 Å². The molecule has 0 radical (unpaired) electrons. The van der Waals surface area contributed by atoms with Crippen molar-refractivity contribution in [2.45, 2.75) is 39.0 Å². The van der Waals surface area contributed by atoms with Gasteiger partial charge in [0.1, 0.15) is 6.42 Å². The summed E-state index contributed by atoms with van der Waals surface area (Å²) in [6.07, 6.45) is 4.02. The van der Waals surface area contributed by atoms with E-state index in [-0.39, 0.29) is 18.2 Å². The number of rotatable bonds is 6. The Morgan fingerprint density at radius 1 is 1.18 bits per heavy atom. The maximum atomic E-state index is 12.1. The highest BCUT2D eigenvalue weighted by Crippen LogP contribution is 2.22. The summed E-state index contributed by atoms with van der Waals surface area (Å²) in [5.74, 6) is 0.449. The summed E-state index contributed by atoms with van der Waals surface area (Å²) in [4.78, 5) is 25.5. The molecule has 4 heteroatoms. The number of carbonyl (C=O) groups is 2. The van der Waals surface area contributed by atoms with Crippen LogP contribution >= 0.6 is 0 Å². The second kappa shape index (κ2) is 8.57. The maximum absolute atomic E-state index is 12.1. The number of nitrogens with one attached hydrogen (secondary N) is 1. The molecule has 2 rings (SSSR count). The molecule has 120 valence electrons. The molecule has 0 aliphatic carbocycles. The molecular formula is C18H26N2O2. The van der Waals surface area contributed by atoms with E-state index in [0.717, 1.165) is 38.8 Å². The van der Waals surface area contributed by atoms with E-state index in [4.69, 9.17) is 0 Å². The molecule has 1 fully saturated rings. The van der Waals surface area contributed by atoms with Crippen LogP contribution in [-0.2, 0) is 16.0 Å². The second-order valence-corrected chi connectivity index (χ2v) is 6.04. The summed E-state index contributed by atoms with van der Waals surface area (Å²) >= 11 is 0. The van der Waals surface area contributed by atoms with Crippen LogP contribution in [-0.4, -0.2) is 36.3 Å². The van der Waals surface area contributed by atoms with Gasteiger partial charge in [0.15, 0.2) is 0 Å². The third-order valence-corrected chi connectivity index (χ3v) is 4.22. The van der Waals surface area contributed by atoms with Crippen LogP contribution in [0.3, 0.4) is 0 Å². The molecular weight excluding hydrogens is 276 g/mol. The number of likely N-dealkylation sites (tertiary alicyclic amines) is 1. The molecule has 0 saturated carbocycles. The smallest absolute Gasteiger partial charge is 0.232 e. The van der Waals surface area contributed by atoms with Crippen molar-refractivity contribution >= 4 is 11.8 Å². The molecule has 1 aliphatic heterocycles. The molecule has 0 bridgehead atoms. The number of nitrogens with zero attached hydrogens (tertiary/aromatic N) is 1. The van der Waals surface area contributed by atoms with Crippen molar-refractivity contribution in [3.63, 3.8) is 0 Å².